The van der Waals surface area contributed by atoms with Crippen molar-refractivity contribution in [3.05, 3.63) is 41.7 Å². The number of methoxy groups -OCH3 is 1. The van der Waals surface area contributed by atoms with Gasteiger partial charge in [-0.3, -0.25) is 9.59 Å². The van der Waals surface area contributed by atoms with Crippen molar-refractivity contribution in [3.63, 3.8) is 0 Å². The predicted molar refractivity (Wildman–Crippen MR) is 107 cm³/mol. The number of amides is 2. The largest absolute Gasteiger partial charge is 0.493 e. The molecule has 7 nitrogen and oxygen atoms in total. The number of benzene rings is 1. The molecule has 1 aliphatic rings. The van der Waals surface area contributed by atoms with Gasteiger partial charge in [0.05, 0.1) is 24.6 Å². The molecule has 10 heteroatoms. The van der Waals surface area contributed by atoms with Gasteiger partial charge in [-0.05, 0) is 31.0 Å². The molecule has 1 aliphatic carbocycles. The summed E-state index contributed by atoms with van der Waals surface area (Å²) < 4.78 is 45.2. The van der Waals surface area contributed by atoms with Crippen molar-refractivity contribution in [2.75, 3.05) is 20.2 Å². The summed E-state index contributed by atoms with van der Waals surface area (Å²) in [5, 5.41) is 9.55. The number of halogens is 3. The Hall–Kier alpha value is -3.04. The highest BCUT2D eigenvalue weighted by molar-refractivity contribution is 5.95. The van der Waals surface area contributed by atoms with Gasteiger partial charge in [0.2, 0.25) is 5.91 Å². The van der Waals surface area contributed by atoms with Gasteiger partial charge in [0.25, 0.3) is 5.91 Å². The van der Waals surface area contributed by atoms with Crippen LogP contribution in [0.5, 0.6) is 5.75 Å². The van der Waals surface area contributed by atoms with Crippen LogP contribution < -0.4 is 15.4 Å². The average Bonchev–Trinajstić information content (AvgIpc) is 3.21. The second-order valence-corrected chi connectivity index (χ2v) is 7.42. The molecule has 0 atom stereocenters. The van der Waals surface area contributed by atoms with Gasteiger partial charge in [0.15, 0.2) is 11.4 Å². The molecule has 1 heterocycles. The maximum Gasteiger partial charge on any atom is 0.416 e. The van der Waals surface area contributed by atoms with Crippen molar-refractivity contribution >= 4 is 11.8 Å². The van der Waals surface area contributed by atoms with E-state index in [0.29, 0.717) is 0 Å². The number of nitrogens with one attached hydrogen (secondary N) is 2. The Morgan fingerprint density at radius 1 is 1.16 bits per heavy atom. The van der Waals surface area contributed by atoms with E-state index >= 15 is 0 Å². The fourth-order valence-electron chi connectivity index (χ4n) is 3.58. The molecule has 1 saturated carbocycles. The Balaban J connectivity index is 1.60. The predicted octanol–water partition coefficient (Wildman–Crippen LogP) is 3.33. The first-order chi connectivity index (χ1) is 14.8. The number of nitrogens with zero attached hydrogens (tertiary/aromatic N) is 2. The highest BCUT2D eigenvalue weighted by Gasteiger charge is 2.31. The van der Waals surface area contributed by atoms with Crippen LogP contribution in [-0.2, 0) is 11.0 Å². The van der Waals surface area contributed by atoms with Gasteiger partial charge in [-0.2, -0.15) is 18.3 Å². The molecule has 2 aromatic rings. The minimum absolute atomic E-state index is 0.000328. The SMILES string of the molecule is COc1cn(-c2cccc(C(F)(F)F)c2)nc1C(=O)NCCNC(=O)C1CCCCC1. The molecule has 1 fully saturated rings. The van der Waals surface area contributed by atoms with Crippen molar-refractivity contribution in [2.45, 2.75) is 38.3 Å². The third-order valence-corrected chi connectivity index (χ3v) is 5.24. The maximum absolute atomic E-state index is 13.0. The van der Waals surface area contributed by atoms with Crippen LogP contribution in [0, 0.1) is 5.92 Å². The number of hydrogen-bond donors (Lipinski definition) is 2. The number of hydrogen-bond acceptors (Lipinski definition) is 4. The molecule has 2 N–H and O–H groups in total. The average molecular weight is 438 g/mol. The minimum Gasteiger partial charge on any atom is -0.493 e. The Bertz CT molecular complexity index is 921. The first-order valence-corrected chi connectivity index (χ1v) is 10.2. The second-order valence-electron chi connectivity index (χ2n) is 7.42. The fraction of sp³-hybridized carbons (Fsp3) is 0.476. The van der Waals surface area contributed by atoms with Crippen LogP contribution in [0.3, 0.4) is 0 Å². The lowest BCUT2D eigenvalue weighted by atomic mass is 9.89. The summed E-state index contributed by atoms with van der Waals surface area (Å²) in [7, 11) is 1.34. The Kier molecular flexibility index (Phi) is 7.19. The number of rotatable bonds is 7. The summed E-state index contributed by atoms with van der Waals surface area (Å²) in [6.07, 6.45) is 1.91. The van der Waals surface area contributed by atoms with Crippen LogP contribution in [-0.4, -0.2) is 41.8 Å². The lowest BCUT2D eigenvalue weighted by Gasteiger charge is -2.20. The van der Waals surface area contributed by atoms with Crippen molar-refractivity contribution < 1.29 is 27.5 Å². The third kappa shape index (κ3) is 5.77. The smallest absolute Gasteiger partial charge is 0.416 e. The Morgan fingerprint density at radius 3 is 2.55 bits per heavy atom. The standard InChI is InChI=1S/C21H25F3N4O3/c1-31-17-13-28(16-9-5-8-15(12-16)21(22,23)24)27-18(17)20(30)26-11-10-25-19(29)14-6-3-2-4-7-14/h5,8-9,12-14H,2-4,6-7,10-11H2,1H3,(H,25,29)(H,26,30). The molecule has 0 aliphatic heterocycles. The van der Waals surface area contributed by atoms with E-state index in [4.69, 9.17) is 4.74 Å². The van der Waals surface area contributed by atoms with Gasteiger partial charge in [-0.1, -0.05) is 25.3 Å². The van der Waals surface area contributed by atoms with Gasteiger partial charge in [-0.15, -0.1) is 0 Å². The molecule has 3 rings (SSSR count). The first-order valence-electron chi connectivity index (χ1n) is 10.2. The third-order valence-electron chi connectivity index (χ3n) is 5.24. The second kappa shape index (κ2) is 9.84. The molecule has 2 amide bonds. The monoisotopic (exact) mass is 438 g/mol. The molecule has 0 saturated heterocycles. The molecule has 0 spiro atoms. The van der Waals surface area contributed by atoms with Crippen molar-refractivity contribution in [1.29, 1.82) is 0 Å². The molecule has 0 radical (unpaired) electrons. The number of ether oxygens (including phenoxy) is 1. The van der Waals surface area contributed by atoms with Gasteiger partial charge in [0, 0.05) is 19.0 Å². The summed E-state index contributed by atoms with van der Waals surface area (Å²) in [5.74, 6) is -0.385. The first kappa shape index (κ1) is 22.6. The lowest BCUT2D eigenvalue weighted by Crippen LogP contribution is -2.38. The van der Waals surface area contributed by atoms with E-state index in [1.165, 1.54) is 25.4 Å². The van der Waals surface area contributed by atoms with E-state index in [1.54, 1.807) is 0 Å². The number of alkyl halides is 3. The normalized spacial score (nSPS) is 14.8. The molecule has 168 valence electrons. The van der Waals surface area contributed by atoms with Crippen LogP contribution in [0.25, 0.3) is 5.69 Å². The highest BCUT2D eigenvalue weighted by Crippen LogP contribution is 2.30. The van der Waals surface area contributed by atoms with Crippen molar-refractivity contribution in [1.82, 2.24) is 20.4 Å². The molecule has 0 bridgehead atoms. The van der Waals surface area contributed by atoms with Crippen LogP contribution in [0.15, 0.2) is 30.5 Å². The zero-order valence-electron chi connectivity index (χ0n) is 17.2. The molecular weight excluding hydrogens is 413 g/mol. The minimum atomic E-state index is -4.49. The van der Waals surface area contributed by atoms with Gasteiger partial charge >= 0.3 is 6.18 Å². The van der Waals surface area contributed by atoms with Gasteiger partial charge < -0.3 is 15.4 Å². The van der Waals surface area contributed by atoms with E-state index in [2.05, 4.69) is 15.7 Å². The number of carbonyl (C=O) groups is 2. The summed E-state index contributed by atoms with van der Waals surface area (Å²) in [6, 6.07) is 4.61. The fourth-order valence-corrected chi connectivity index (χ4v) is 3.58. The van der Waals surface area contributed by atoms with E-state index in [-0.39, 0.29) is 42.0 Å². The van der Waals surface area contributed by atoms with Crippen LogP contribution in [0.2, 0.25) is 0 Å². The maximum atomic E-state index is 13.0. The Morgan fingerprint density at radius 2 is 1.87 bits per heavy atom. The summed E-state index contributed by atoms with van der Waals surface area (Å²) in [4.78, 5) is 24.6. The number of aromatic nitrogens is 2. The lowest BCUT2D eigenvalue weighted by molar-refractivity contribution is -0.137. The van der Waals surface area contributed by atoms with Gasteiger partial charge in [0.1, 0.15) is 0 Å². The molecule has 1 aromatic heterocycles. The van der Waals surface area contributed by atoms with Crippen LogP contribution in [0.4, 0.5) is 13.2 Å². The van der Waals surface area contributed by atoms with Crippen molar-refractivity contribution in [3.8, 4) is 11.4 Å². The molecule has 1 aromatic carbocycles. The van der Waals surface area contributed by atoms with E-state index < -0.39 is 17.6 Å². The Labute approximate surface area is 178 Å². The van der Waals surface area contributed by atoms with Gasteiger partial charge in [-0.25, -0.2) is 4.68 Å². The zero-order chi connectivity index (χ0) is 22.4. The quantitative estimate of drug-likeness (QED) is 0.650. The molecular formula is C21H25F3N4O3. The summed E-state index contributed by atoms with van der Waals surface area (Å²) in [5.41, 5.74) is -0.732. The molecule has 31 heavy (non-hydrogen) atoms. The van der Waals surface area contributed by atoms with E-state index in [9.17, 15) is 22.8 Å². The summed E-state index contributed by atoms with van der Waals surface area (Å²) >= 11 is 0. The highest BCUT2D eigenvalue weighted by atomic mass is 19.4. The number of carbonyl (C=O) groups excluding carboxylic acids is 2. The topological polar surface area (TPSA) is 85.2 Å². The van der Waals surface area contributed by atoms with E-state index in [1.807, 2.05) is 0 Å². The zero-order valence-corrected chi connectivity index (χ0v) is 17.2. The van der Waals surface area contributed by atoms with Crippen molar-refractivity contribution in [2.24, 2.45) is 5.92 Å². The molecule has 0 unspecified atom stereocenters. The van der Waals surface area contributed by atoms with E-state index in [0.717, 1.165) is 48.9 Å². The van der Waals surface area contributed by atoms with Crippen LogP contribution in [0.1, 0.15) is 48.2 Å². The summed E-state index contributed by atoms with van der Waals surface area (Å²) in [6.45, 7) is 0.467. The van der Waals surface area contributed by atoms with Crippen LogP contribution >= 0.6 is 0 Å².